The lowest BCUT2D eigenvalue weighted by Gasteiger charge is -2.15. The second-order valence-corrected chi connectivity index (χ2v) is 5.60. The van der Waals surface area contributed by atoms with Crippen molar-refractivity contribution in [1.82, 2.24) is 10.3 Å². The van der Waals surface area contributed by atoms with Crippen molar-refractivity contribution in [2.75, 3.05) is 6.61 Å². The summed E-state index contributed by atoms with van der Waals surface area (Å²) in [6.45, 7) is 5.66. The zero-order valence-corrected chi connectivity index (χ0v) is 13.6. The third-order valence-electron chi connectivity index (χ3n) is 4.01. The summed E-state index contributed by atoms with van der Waals surface area (Å²) >= 11 is 0. The number of fused-ring (bicyclic) bond motifs is 1. The summed E-state index contributed by atoms with van der Waals surface area (Å²) in [5.41, 5.74) is 3.55. The van der Waals surface area contributed by atoms with E-state index in [0.29, 0.717) is 6.61 Å². The number of benzene rings is 2. The van der Waals surface area contributed by atoms with Gasteiger partial charge < -0.3 is 10.1 Å². The van der Waals surface area contributed by atoms with Crippen molar-refractivity contribution in [2.45, 2.75) is 26.4 Å². The molecule has 0 fully saturated rings. The molecule has 0 bridgehead atoms. The molecule has 0 aliphatic rings. The van der Waals surface area contributed by atoms with Gasteiger partial charge in [0.1, 0.15) is 5.75 Å². The molecule has 1 aromatic heterocycles. The molecule has 3 nitrogen and oxygen atoms in total. The van der Waals surface area contributed by atoms with Gasteiger partial charge >= 0.3 is 0 Å². The minimum absolute atomic E-state index is 0.268. The summed E-state index contributed by atoms with van der Waals surface area (Å²) in [5, 5.41) is 4.76. The van der Waals surface area contributed by atoms with Crippen molar-refractivity contribution in [3.05, 3.63) is 71.9 Å². The Labute approximate surface area is 137 Å². The quantitative estimate of drug-likeness (QED) is 0.729. The van der Waals surface area contributed by atoms with E-state index in [1.54, 1.807) is 0 Å². The third-order valence-corrected chi connectivity index (χ3v) is 4.01. The number of aromatic nitrogens is 1. The fraction of sp³-hybridized carbons (Fsp3) is 0.250. The maximum absolute atomic E-state index is 5.49. The molecule has 1 N–H and O–H groups in total. The van der Waals surface area contributed by atoms with Gasteiger partial charge in [0.2, 0.25) is 0 Å². The number of nitrogens with one attached hydrogen (secondary N) is 1. The highest BCUT2D eigenvalue weighted by Crippen LogP contribution is 2.20. The zero-order valence-electron chi connectivity index (χ0n) is 13.6. The topological polar surface area (TPSA) is 34.1 Å². The lowest BCUT2D eigenvalue weighted by Crippen LogP contribution is -2.18. The van der Waals surface area contributed by atoms with Crippen LogP contribution in [0.5, 0.6) is 5.75 Å². The lowest BCUT2D eigenvalue weighted by molar-refractivity contribution is 0.340. The Morgan fingerprint density at radius 3 is 2.61 bits per heavy atom. The van der Waals surface area contributed by atoms with Crippen molar-refractivity contribution >= 4 is 10.9 Å². The van der Waals surface area contributed by atoms with Gasteiger partial charge in [0, 0.05) is 24.2 Å². The number of rotatable bonds is 6. The molecule has 3 aromatic rings. The Balaban J connectivity index is 1.69. The molecule has 23 heavy (non-hydrogen) atoms. The first-order valence-corrected chi connectivity index (χ1v) is 8.06. The number of hydrogen-bond acceptors (Lipinski definition) is 3. The number of ether oxygens (including phenoxy) is 1. The van der Waals surface area contributed by atoms with Crippen molar-refractivity contribution in [2.24, 2.45) is 0 Å². The fourth-order valence-electron chi connectivity index (χ4n) is 2.71. The highest BCUT2D eigenvalue weighted by Gasteiger charge is 2.07. The molecular formula is C20H22N2O. The summed E-state index contributed by atoms with van der Waals surface area (Å²) in [7, 11) is 0. The van der Waals surface area contributed by atoms with Crippen molar-refractivity contribution < 1.29 is 4.74 Å². The maximum Gasteiger partial charge on any atom is 0.119 e. The van der Waals surface area contributed by atoms with E-state index in [9.17, 15) is 0 Å². The van der Waals surface area contributed by atoms with Gasteiger partial charge in [0.25, 0.3) is 0 Å². The number of hydrogen-bond donors (Lipinski definition) is 1. The highest BCUT2D eigenvalue weighted by molar-refractivity contribution is 5.81. The average Bonchev–Trinajstić information content (AvgIpc) is 2.60. The van der Waals surface area contributed by atoms with E-state index in [1.165, 1.54) is 16.5 Å². The highest BCUT2D eigenvalue weighted by atomic mass is 16.5. The largest absolute Gasteiger partial charge is 0.494 e. The van der Waals surface area contributed by atoms with Crippen LogP contribution in [-0.4, -0.2) is 11.6 Å². The van der Waals surface area contributed by atoms with E-state index in [4.69, 9.17) is 4.74 Å². The summed E-state index contributed by atoms with van der Waals surface area (Å²) < 4.78 is 5.49. The molecule has 0 saturated heterocycles. The SMILES string of the molecule is CCOc1ccc(C(C)NCc2cccc3cccnc23)cc1. The number of nitrogens with zero attached hydrogens (tertiary/aromatic N) is 1. The van der Waals surface area contributed by atoms with E-state index in [-0.39, 0.29) is 6.04 Å². The molecule has 0 saturated carbocycles. The molecule has 1 heterocycles. The van der Waals surface area contributed by atoms with Crippen LogP contribution in [0.2, 0.25) is 0 Å². The Hall–Kier alpha value is -2.39. The van der Waals surface area contributed by atoms with Crippen LogP contribution in [0.25, 0.3) is 10.9 Å². The molecule has 118 valence electrons. The summed E-state index contributed by atoms with van der Waals surface area (Å²) in [6.07, 6.45) is 1.85. The standard InChI is InChI=1S/C20H22N2O/c1-3-23-19-11-9-16(10-12-19)15(2)22-14-18-7-4-6-17-8-5-13-21-20(17)18/h4-13,15,22H,3,14H2,1-2H3. The smallest absolute Gasteiger partial charge is 0.119 e. The molecule has 1 unspecified atom stereocenters. The summed E-state index contributed by atoms with van der Waals surface area (Å²) in [4.78, 5) is 4.51. The maximum atomic E-state index is 5.49. The fourth-order valence-corrected chi connectivity index (χ4v) is 2.71. The molecule has 0 aliphatic heterocycles. The molecule has 3 heteroatoms. The van der Waals surface area contributed by atoms with Crippen LogP contribution in [0.1, 0.15) is 31.0 Å². The first kappa shape index (κ1) is 15.5. The van der Waals surface area contributed by atoms with Gasteiger partial charge in [-0.15, -0.1) is 0 Å². The first-order valence-electron chi connectivity index (χ1n) is 8.06. The molecule has 0 spiro atoms. The predicted octanol–water partition coefficient (Wildman–Crippen LogP) is 4.48. The Bertz CT molecular complexity index is 763. The Morgan fingerprint density at radius 2 is 1.83 bits per heavy atom. The first-order chi connectivity index (χ1) is 11.3. The van der Waals surface area contributed by atoms with Crippen molar-refractivity contribution in [3.63, 3.8) is 0 Å². The molecule has 0 amide bonds. The third kappa shape index (κ3) is 3.69. The van der Waals surface area contributed by atoms with Crippen LogP contribution in [0, 0.1) is 0 Å². The number of para-hydroxylation sites is 1. The van der Waals surface area contributed by atoms with Crippen LogP contribution < -0.4 is 10.1 Å². The molecule has 1 atom stereocenters. The van der Waals surface area contributed by atoms with Crippen molar-refractivity contribution in [1.29, 1.82) is 0 Å². The van der Waals surface area contributed by atoms with Crippen LogP contribution in [-0.2, 0) is 6.54 Å². The average molecular weight is 306 g/mol. The molecule has 3 rings (SSSR count). The van der Waals surface area contributed by atoms with Gasteiger partial charge in [-0.1, -0.05) is 36.4 Å². The zero-order chi connectivity index (χ0) is 16.1. The van der Waals surface area contributed by atoms with E-state index in [0.717, 1.165) is 17.8 Å². The Kier molecular flexibility index (Phi) is 4.89. The summed E-state index contributed by atoms with van der Waals surface area (Å²) in [5.74, 6) is 0.918. The van der Waals surface area contributed by atoms with Gasteiger partial charge in [-0.2, -0.15) is 0 Å². The molecule has 2 aromatic carbocycles. The van der Waals surface area contributed by atoms with Crippen LogP contribution in [0.3, 0.4) is 0 Å². The van der Waals surface area contributed by atoms with Gasteiger partial charge in [0.05, 0.1) is 12.1 Å². The van der Waals surface area contributed by atoms with Gasteiger partial charge in [-0.25, -0.2) is 0 Å². The van der Waals surface area contributed by atoms with Gasteiger partial charge in [-0.05, 0) is 43.2 Å². The molecular weight excluding hydrogens is 284 g/mol. The lowest BCUT2D eigenvalue weighted by atomic mass is 10.1. The second-order valence-electron chi connectivity index (χ2n) is 5.60. The van der Waals surface area contributed by atoms with Crippen LogP contribution in [0.4, 0.5) is 0 Å². The van der Waals surface area contributed by atoms with E-state index in [1.807, 2.05) is 31.3 Å². The summed E-state index contributed by atoms with van der Waals surface area (Å²) in [6, 6.07) is 18.9. The van der Waals surface area contributed by atoms with E-state index in [2.05, 4.69) is 53.6 Å². The normalized spacial score (nSPS) is 12.3. The minimum atomic E-state index is 0.268. The predicted molar refractivity (Wildman–Crippen MR) is 94.6 cm³/mol. The second kappa shape index (κ2) is 7.25. The van der Waals surface area contributed by atoms with Gasteiger partial charge in [-0.3, -0.25) is 4.98 Å². The Morgan fingerprint density at radius 1 is 1.04 bits per heavy atom. The van der Waals surface area contributed by atoms with Crippen LogP contribution in [0.15, 0.2) is 60.8 Å². The van der Waals surface area contributed by atoms with E-state index >= 15 is 0 Å². The van der Waals surface area contributed by atoms with Crippen molar-refractivity contribution in [3.8, 4) is 5.75 Å². The molecule has 0 radical (unpaired) electrons. The monoisotopic (exact) mass is 306 g/mol. The minimum Gasteiger partial charge on any atom is -0.494 e. The van der Waals surface area contributed by atoms with Gasteiger partial charge in [0.15, 0.2) is 0 Å². The molecule has 0 aliphatic carbocycles. The number of pyridine rings is 1. The van der Waals surface area contributed by atoms with E-state index < -0.39 is 0 Å². The van der Waals surface area contributed by atoms with Crippen LogP contribution >= 0.6 is 0 Å².